The standard InChI is InChI=1S/C9H10N2O2/c1-7(12)6-9(11-13)8-4-2-3-5-10-8/h2-5,13H,6H2,1H3/b11-9-. The van der Waals surface area contributed by atoms with Gasteiger partial charge in [0.2, 0.25) is 0 Å². The van der Waals surface area contributed by atoms with Crippen LogP contribution in [0.1, 0.15) is 19.0 Å². The van der Waals surface area contributed by atoms with Gasteiger partial charge in [0.15, 0.2) is 0 Å². The molecular formula is C9H10N2O2. The van der Waals surface area contributed by atoms with Gasteiger partial charge in [0.25, 0.3) is 0 Å². The number of hydrogen-bond donors (Lipinski definition) is 1. The maximum Gasteiger partial charge on any atom is 0.135 e. The minimum atomic E-state index is -0.0570. The molecule has 0 saturated heterocycles. The first-order valence-corrected chi connectivity index (χ1v) is 3.86. The van der Waals surface area contributed by atoms with Gasteiger partial charge in [-0.05, 0) is 19.1 Å². The molecule has 13 heavy (non-hydrogen) atoms. The van der Waals surface area contributed by atoms with Crippen LogP contribution in [0.2, 0.25) is 0 Å². The number of pyridine rings is 1. The molecule has 1 aromatic rings. The van der Waals surface area contributed by atoms with E-state index in [1.54, 1.807) is 24.4 Å². The summed E-state index contributed by atoms with van der Waals surface area (Å²) in [5.41, 5.74) is 0.827. The zero-order valence-electron chi connectivity index (χ0n) is 7.27. The predicted molar refractivity (Wildman–Crippen MR) is 47.9 cm³/mol. The average molecular weight is 178 g/mol. The molecule has 0 aliphatic carbocycles. The summed E-state index contributed by atoms with van der Waals surface area (Å²) in [6.45, 7) is 1.44. The van der Waals surface area contributed by atoms with Crippen LogP contribution in [0.4, 0.5) is 0 Å². The van der Waals surface area contributed by atoms with Crippen molar-refractivity contribution in [3.05, 3.63) is 30.1 Å². The lowest BCUT2D eigenvalue weighted by Crippen LogP contribution is -2.08. The highest BCUT2D eigenvalue weighted by Gasteiger charge is 2.07. The van der Waals surface area contributed by atoms with Gasteiger partial charge in [-0.15, -0.1) is 0 Å². The Morgan fingerprint density at radius 2 is 2.38 bits per heavy atom. The van der Waals surface area contributed by atoms with Gasteiger partial charge in [0.05, 0.1) is 12.1 Å². The van der Waals surface area contributed by atoms with Crippen molar-refractivity contribution in [3.8, 4) is 0 Å². The third-order valence-corrected chi connectivity index (χ3v) is 1.50. The zero-order chi connectivity index (χ0) is 9.68. The van der Waals surface area contributed by atoms with Crippen molar-refractivity contribution in [2.75, 3.05) is 0 Å². The number of oxime groups is 1. The number of rotatable bonds is 3. The number of hydrogen-bond acceptors (Lipinski definition) is 4. The van der Waals surface area contributed by atoms with E-state index in [1.165, 1.54) is 6.92 Å². The lowest BCUT2D eigenvalue weighted by Gasteiger charge is -1.99. The molecule has 0 amide bonds. The summed E-state index contributed by atoms with van der Waals surface area (Å²) in [5.74, 6) is -0.0570. The van der Waals surface area contributed by atoms with Gasteiger partial charge in [-0.1, -0.05) is 11.2 Å². The van der Waals surface area contributed by atoms with Crippen LogP contribution in [0.25, 0.3) is 0 Å². The van der Waals surface area contributed by atoms with Gasteiger partial charge in [-0.3, -0.25) is 9.78 Å². The summed E-state index contributed by atoms with van der Waals surface area (Å²) in [5, 5.41) is 11.7. The minimum Gasteiger partial charge on any atom is -0.411 e. The van der Waals surface area contributed by atoms with E-state index in [0.717, 1.165) is 0 Å². The maximum atomic E-state index is 10.8. The summed E-state index contributed by atoms with van der Waals surface area (Å²) >= 11 is 0. The fraction of sp³-hybridized carbons (Fsp3) is 0.222. The Morgan fingerprint density at radius 3 is 2.85 bits per heavy atom. The van der Waals surface area contributed by atoms with Crippen molar-refractivity contribution < 1.29 is 10.0 Å². The molecule has 1 rings (SSSR count). The van der Waals surface area contributed by atoms with Crippen LogP contribution in [0.15, 0.2) is 29.6 Å². The van der Waals surface area contributed by atoms with Crippen LogP contribution in [-0.4, -0.2) is 21.7 Å². The molecule has 0 spiro atoms. The second-order valence-electron chi connectivity index (χ2n) is 2.64. The van der Waals surface area contributed by atoms with E-state index in [9.17, 15) is 4.79 Å². The van der Waals surface area contributed by atoms with Gasteiger partial charge in [-0.25, -0.2) is 0 Å². The number of aromatic nitrogens is 1. The molecule has 0 atom stereocenters. The largest absolute Gasteiger partial charge is 0.411 e. The topological polar surface area (TPSA) is 62.5 Å². The molecule has 0 aromatic carbocycles. The second kappa shape index (κ2) is 4.35. The molecule has 1 aromatic heterocycles. The molecule has 1 heterocycles. The van der Waals surface area contributed by atoms with Crippen LogP contribution in [0, 0.1) is 0 Å². The van der Waals surface area contributed by atoms with Crippen molar-refractivity contribution in [1.29, 1.82) is 0 Å². The van der Waals surface area contributed by atoms with E-state index < -0.39 is 0 Å². The number of carbonyl (C=O) groups is 1. The third-order valence-electron chi connectivity index (χ3n) is 1.50. The summed E-state index contributed by atoms with van der Waals surface area (Å²) in [4.78, 5) is 14.7. The fourth-order valence-corrected chi connectivity index (χ4v) is 0.946. The fourth-order valence-electron chi connectivity index (χ4n) is 0.946. The molecule has 0 radical (unpaired) electrons. The summed E-state index contributed by atoms with van der Waals surface area (Å²) in [7, 11) is 0. The monoisotopic (exact) mass is 178 g/mol. The smallest absolute Gasteiger partial charge is 0.135 e. The van der Waals surface area contributed by atoms with Crippen LogP contribution in [0.5, 0.6) is 0 Å². The molecule has 0 saturated carbocycles. The third kappa shape index (κ3) is 2.66. The van der Waals surface area contributed by atoms with Gasteiger partial charge < -0.3 is 5.21 Å². The first-order chi connectivity index (χ1) is 6.24. The summed E-state index contributed by atoms with van der Waals surface area (Å²) in [6, 6.07) is 5.22. The van der Waals surface area contributed by atoms with E-state index in [2.05, 4.69) is 10.1 Å². The molecule has 4 nitrogen and oxygen atoms in total. The highest BCUT2D eigenvalue weighted by molar-refractivity contribution is 6.09. The Kier molecular flexibility index (Phi) is 3.14. The lowest BCUT2D eigenvalue weighted by molar-refractivity contribution is -0.115. The number of ketones is 1. The van der Waals surface area contributed by atoms with Crippen molar-refractivity contribution in [3.63, 3.8) is 0 Å². The molecule has 0 aliphatic rings. The second-order valence-corrected chi connectivity index (χ2v) is 2.64. The lowest BCUT2D eigenvalue weighted by atomic mass is 10.1. The minimum absolute atomic E-state index is 0.0570. The van der Waals surface area contributed by atoms with Gasteiger partial charge in [0.1, 0.15) is 11.5 Å². The zero-order valence-corrected chi connectivity index (χ0v) is 7.27. The molecule has 1 N–H and O–H groups in total. The normalized spacial score (nSPS) is 11.3. The Labute approximate surface area is 75.9 Å². The van der Waals surface area contributed by atoms with E-state index >= 15 is 0 Å². The van der Waals surface area contributed by atoms with Crippen molar-refractivity contribution >= 4 is 11.5 Å². The van der Waals surface area contributed by atoms with E-state index in [4.69, 9.17) is 5.21 Å². The Hall–Kier alpha value is -1.71. The van der Waals surface area contributed by atoms with Gasteiger partial charge in [-0.2, -0.15) is 0 Å². The van der Waals surface area contributed by atoms with Crippen molar-refractivity contribution in [2.24, 2.45) is 5.16 Å². The molecular weight excluding hydrogens is 168 g/mol. The maximum absolute atomic E-state index is 10.8. The van der Waals surface area contributed by atoms with Gasteiger partial charge >= 0.3 is 0 Å². The highest BCUT2D eigenvalue weighted by atomic mass is 16.4. The van der Waals surface area contributed by atoms with Crippen LogP contribution in [0.3, 0.4) is 0 Å². The summed E-state index contributed by atoms with van der Waals surface area (Å²) < 4.78 is 0. The predicted octanol–water partition coefficient (Wildman–Crippen LogP) is 1.24. The van der Waals surface area contributed by atoms with Crippen LogP contribution >= 0.6 is 0 Å². The number of nitrogens with zero attached hydrogens (tertiary/aromatic N) is 2. The molecule has 0 fully saturated rings. The quantitative estimate of drug-likeness (QED) is 0.430. The summed E-state index contributed by atoms with van der Waals surface area (Å²) in [6.07, 6.45) is 1.69. The van der Waals surface area contributed by atoms with Crippen LogP contribution in [-0.2, 0) is 4.79 Å². The van der Waals surface area contributed by atoms with Crippen LogP contribution < -0.4 is 0 Å². The Balaban J connectivity index is 2.86. The first kappa shape index (κ1) is 9.38. The molecule has 0 bridgehead atoms. The SMILES string of the molecule is CC(=O)C/C(=N/O)c1ccccn1. The highest BCUT2D eigenvalue weighted by Crippen LogP contribution is 2.00. The van der Waals surface area contributed by atoms with Crippen molar-refractivity contribution in [1.82, 2.24) is 4.98 Å². The number of carbonyl (C=O) groups excluding carboxylic acids is 1. The van der Waals surface area contributed by atoms with E-state index in [0.29, 0.717) is 11.4 Å². The number of Topliss-reactive ketones (excluding diaryl/α,β-unsaturated/α-hetero) is 1. The van der Waals surface area contributed by atoms with E-state index in [-0.39, 0.29) is 12.2 Å². The van der Waals surface area contributed by atoms with E-state index in [1.807, 2.05) is 0 Å². The molecule has 0 aliphatic heterocycles. The van der Waals surface area contributed by atoms with Gasteiger partial charge in [0, 0.05) is 6.20 Å². The molecule has 68 valence electrons. The Morgan fingerprint density at radius 1 is 1.62 bits per heavy atom. The van der Waals surface area contributed by atoms with Crippen molar-refractivity contribution in [2.45, 2.75) is 13.3 Å². The molecule has 4 heteroatoms. The molecule has 0 unspecified atom stereocenters. The first-order valence-electron chi connectivity index (χ1n) is 3.86. The average Bonchev–Trinajstić information content (AvgIpc) is 2.15. The Bertz CT molecular complexity index is 320.